The highest BCUT2D eigenvalue weighted by Crippen LogP contribution is 2.26. The Labute approximate surface area is 99.2 Å². The Morgan fingerprint density at radius 2 is 2.19 bits per heavy atom. The van der Waals surface area contributed by atoms with Gasteiger partial charge in [-0.2, -0.15) is 0 Å². The van der Waals surface area contributed by atoms with E-state index < -0.39 is 12.0 Å². The number of phenolic OH excluding ortho intramolecular Hbond substituents is 1. The molecule has 6 heteroatoms. The number of aliphatic carboxylic acids is 1. The van der Waals surface area contributed by atoms with E-state index in [0.717, 1.165) is 0 Å². The van der Waals surface area contributed by atoms with Gasteiger partial charge in [0, 0.05) is 0 Å². The van der Waals surface area contributed by atoms with Crippen LogP contribution in [0.2, 0.25) is 0 Å². The molecule has 1 aromatic carbocycles. The number of phenols is 1. The van der Waals surface area contributed by atoms with Gasteiger partial charge in [-0.05, 0) is 24.1 Å². The van der Waals surface area contributed by atoms with Crippen LogP contribution in [0.1, 0.15) is 5.56 Å². The van der Waals surface area contributed by atoms with Crippen molar-refractivity contribution < 1.29 is 19.7 Å². The third-order valence-electron chi connectivity index (χ3n) is 2.02. The molecule has 0 fully saturated rings. The Morgan fingerprint density at radius 3 is 2.69 bits per heavy atom. The smallest absolute Gasteiger partial charge is 0.320 e. The highest BCUT2D eigenvalue weighted by atomic mass is 35.5. The van der Waals surface area contributed by atoms with Crippen molar-refractivity contribution in [1.29, 1.82) is 0 Å². The predicted octanol–water partition coefficient (Wildman–Crippen LogP) is 0.777. The molecule has 0 aliphatic carbocycles. The molecule has 0 amide bonds. The summed E-state index contributed by atoms with van der Waals surface area (Å²) in [5.74, 6) is -0.725. The minimum atomic E-state index is -1.05. The summed E-state index contributed by atoms with van der Waals surface area (Å²) in [7, 11) is 1.43. The van der Waals surface area contributed by atoms with Gasteiger partial charge in [0.1, 0.15) is 6.04 Å². The highest BCUT2D eigenvalue weighted by Gasteiger charge is 2.13. The first-order valence-corrected chi connectivity index (χ1v) is 4.39. The number of nitrogens with two attached hydrogens (primary N) is 1. The number of benzene rings is 1. The maximum Gasteiger partial charge on any atom is 0.320 e. The topological polar surface area (TPSA) is 92.8 Å². The Morgan fingerprint density at radius 1 is 1.56 bits per heavy atom. The van der Waals surface area contributed by atoms with E-state index in [1.165, 1.54) is 13.2 Å². The van der Waals surface area contributed by atoms with Crippen LogP contribution in [0.25, 0.3) is 0 Å². The lowest BCUT2D eigenvalue weighted by Crippen LogP contribution is -2.32. The number of carbonyl (C=O) groups is 1. The zero-order chi connectivity index (χ0) is 11.4. The molecule has 16 heavy (non-hydrogen) atoms. The summed E-state index contributed by atoms with van der Waals surface area (Å²) in [4.78, 5) is 10.5. The number of methoxy groups -OCH3 is 1. The molecule has 0 aromatic heterocycles. The number of ether oxygens (including phenoxy) is 1. The normalized spacial score (nSPS) is 11.4. The van der Waals surface area contributed by atoms with Gasteiger partial charge in [-0.3, -0.25) is 4.79 Å². The van der Waals surface area contributed by atoms with Crippen molar-refractivity contribution in [2.75, 3.05) is 7.11 Å². The molecule has 0 saturated carbocycles. The van der Waals surface area contributed by atoms with Gasteiger partial charge in [0.05, 0.1) is 7.11 Å². The van der Waals surface area contributed by atoms with Gasteiger partial charge in [-0.25, -0.2) is 0 Å². The molecule has 1 atom stereocenters. The summed E-state index contributed by atoms with van der Waals surface area (Å²) in [5, 5.41) is 17.9. The monoisotopic (exact) mass is 247 g/mol. The molecular formula is C10H14ClNO4. The first kappa shape index (κ1) is 14.5. The van der Waals surface area contributed by atoms with Crippen LogP contribution in [-0.2, 0) is 11.2 Å². The van der Waals surface area contributed by atoms with E-state index in [1.807, 2.05) is 0 Å². The summed E-state index contributed by atoms with van der Waals surface area (Å²) in [6, 6.07) is 3.68. The van der Waals surface area contributed by atoms with Crippen LogP contribution in [0.5, 0.6) is 11.5 Å². The molecule has 5 nitrogen and oxygen atoms in total. The number of carboxylic acid groups (broad SMARTS) is 1. The number of aromatic hydroxyl groups is 1. The second kappa shape index (κ2) is 6.19. The summed E-state index contributed by atoms with van der Waals surface area (Å²) in [6.45, 7) is 0. The standard InChI is InChI=1S/C10H13NO4.ClH/c1-15-9-5-6(2-3-8(9)12)4-7(11)10(13)14;/h2-3,5,7,12H,4,11H2,1H3,(H,13,14);1H/t7-;/m1./s1. The van der Waals surface area contributed by atoms with Crippen LogP contribution >= 0.6 is 12.4 Å². The molecule has 0 heterocycles. The van der Waals surface area contributed by atoms with Gasteiger partial charge in [0.25, 0.3) is 0 Å². The SMILES string of the molecule is COc1cc(C[C@@H](N)C(=O)O)ccc1O.Cl. The van der Waals surface area contributed by atoms with Crippen LogP contribution < -0.4 is 10.5 Å². The molecule has 0 saturated heterocycles. The zero-order valence-corrected chi connectivity index (χ0v) is 9.53. The van der Waals surface area contributed by atoms with E-state index in [2.05, 4.69) is 0 Å². The Balaban J connectivity index is 0.00000225. The fourth-order valence-electron chi connectivity index (χ4n) is 1.19. The predicted molar refractivity (Wildman–Crippen MR) is 61.2 cm³/mol. The van der Waals surface area contributed by atoms with Crippen LogP contribution in [0.3, 0.4) is 0 Å². The van der Waals surface area contributed by atoms with Crippen molar-refractivity contribution >= 4 is 18.4 Å². The lowest BCUT2D eigenvalue weighted by atomic mass is 10.1. The molecule has 90 valence electrons. The van der Waals surface area contributed by atoms with Gasteiger partial charge in [0.15, 0.2) is 11.5 Å². The minimum Gasteiger partial charge on any atom is -0.504 e. The summed E-state index contributed by atoms with van der Waals surface area (Å²) >= 11 is 0. The average Bonchev–Trinajstić information content (AvgIpc) is 2.20. The second-order valence-electron chi connectivity index (χ2n) is 3.16. The van der Waals surface area contributed by atoms with Crippen molar-refractivity contribution in [1.82, 2.24) is 0 Å². The van der Waals surface area contributed by atoms with Gasteiger partial charge < -0.3 is 20.7 Å². The Bertz CT molecular complexity index is 370. The van der Waals surface area contributed by atoms with Gasteiger partial charge in [-0.1, -0.05) is 6.07 Å². The molecule has 0 radical (unpaired) electrons. The van der Waals surface area contributed by atoms with Crippen molar-refractivity contribution in [3.05, 3.63) is 23.8 Å². The third kappa shape index (κ3) is 3.60. The van der Waals surface area contributed by atoms with Gasteiger partial charge in [-0.15, -0.1) is 12.4 Å². The van der Waals surface area contributed by atoms with E-state index >= 15 is 0 Å². The second-order valence-corrected chi connectivity index (χ2v) is 3.16. The maximum absolute atomic E-state index is 10.5. The van der Waals surface area contributed by atoms with Crippen LogP contribution in [0.15, 0.2) is 18.2 Å². The van der Waals surface area contributed by atoms with Crippen LogP contribution in [-0.4, -0.2) is 29.3 Å². The van der Waals surface area contributed by atoms with Crippen molar-refractivity contribution in [2.24, 2.45) is 5.73 Å². The maximum atomic E-state index is 10.5. The summed E-state index contributed by atoms with van der Waals surface area (Å²) in [6.07, 6.45) is 0.200. The van der Waals surface area contributed by atoms with Crippen molar-refractivity contribution in [2.45, 2.75) is 12.5 Å². The average molecular weight is 248 g/mol. The molecule has 1 aromatic rings. The minimum absolute atomic E-state index is 0. The largest absolute Gasteiger partial charge is 0.504 e. The molecule has 1 rings (SSSR count). The lowest BCUT2D eigenvalue weighted by molar-refractivity contribution is -0.138. The zero-order valence-electron chi connectivity index (χ0n) is 8.71. The first-order valence-electron chi connectivity index (χ1n) is 4.39. The number of halogens is 1. The van der Waals surface area contributed by atoms with E-state index in [0.29, 0.717) is 11.3 Å². The van der Waals surface area contributed by atoms with Gasteiger partial charge >= 0.3 is 5.97 Å². The lowest BCUT2D eigenvalue weighted by Gasteiger charge is -2.08. The quantitative estimate of drug-likeness (QED) is 0.731. The molecule has 0 unspecified atom stereocenters. The third-order valence-corrected chi connectivity index (χ3v) is 2.02. The molecular weight excluding hydrogens is 234 g/mol. The van der Waals surface area contributed by atoms with Crippen LogP contribution in [0.4, 0.5) is 0 Å². The molecule has 0 spiro atoms. The van der Waals surface area contributed by atoms with Crippen LogP contribution in [0, 0.1) is 0 Å². The summed E-state index contributed by atoms with van der Waals surface area (Å²) < 4.78 is 4.89. The van der Waals surface area contributed by atoms with E-state index in [-0.39, 0.29) is 24.6 Å². The molecule has 0 aliphatic heterocycles. The number of rotatable bonds is 4. The van der Waals surface area contributed by atoms with Gasteiger partial charge in [0.2, 0.25) is 0 Å². The van der Waals surface area contributed by atoms with E-state index in [9.17, 15) is 9.90 Å². The fraction of sp³-hybridized carbons (Fsp3) is 0.300. The first-order chi connectivity index (χ1) is 7.04. The highest BCUT2D eigenvalue weighted by molar-refractivity contribution is 5.85. The Hall–Kier alpha value is -1.46. The number of carboxylic acids is 1. The molecule has 0 aliphatic rings. The number of hydrogen-bond acceptors (Lipinski definition) is 4. The summed E-state index contributed by atoms with van der Waals surface area (Å²) in [5.41, 5.74) is 6.08. The molecule has 0 bridgehead atoms. The fourth-order valence-corrected chi connectivity index (χ4v) is 1.19. The molecule has 4 N–H and O–H groups in total. The van der Waals surface area contributed by atoms with E-state index in [4.69, 9.17) is 15.6 Å². The van der Waals surface area contributed by atoms with E-state index in [1.54, 1.807) is 12.1 Å². The Kier molecular flexibility index (Phi) is 5.63. The number of hydrogen-bond donors (Lipinski definition) is 3. The van der Waals surface area contributed by atoms with Crippen molar-refractivity contribution in [3.63, 3.8) is 0 Å². The van der Waals surface area contributed by atoms with Crippen molar-refractivity contribution in [3.8, 4) is 11.5 Å².